The first-order chi connectivity index (χ1) is 44.1. The lowest BCUT2D eigenvalue weighted by atomic mass is 9.86. The summed E-state index contributed by atoms with van der Waals surface area (Å²) in [6, 6.07) is 117. The van der Waals surface area contributed by atoms with Crippen LogP contribution in [0.25, 0.3) is 182 Å². The summed E-state index contributed by atoms with van der Waals surface area (Å²) in [6.07, 6.45) is 0. The molecule has 0 aliphatic rings. The topological polar surface area (TPSA) is 31.2 Å². The van der Waals surface area contributed by atoms with Crippen molar-refractivity contribution in [1.82, 2.24) is 4.57 Å². The molecule has 18 rings (SSSR count). The first kappa shape index (κ1) is 50.5. The summed E-state index contributed by atoms with van der Waals surface area (Å²) >= 11 is 0. The molecule has 0 amide bonds. The number of nitrogens with zero attached hydrogens (tertiary/aromatic N) is 1. The molecule has 0 radical (unpaired) electrons. The van der Waals surface area contributed by atoms with Gasteiger partial charge in [0.2, 0.25) is 0 Å². The lowest BCUT2D eigenvalue weighted by molar-refractivity contribution is 0.669. The van der Waals surface area contributed by atoms with E-state index in [-0.39, 0.29) is 0 Å². The number of hydrogen-bond donors (Lipinski definition) is 0. The maximum atomic E-state index is 7.05. The van der Waals surface area contributed by atoms with Gasteiger partial charge in [0.25, 0.3) is 0 Å². The van der Waals surface area contributed by atoms with Crippen LogP contribution in [-0.4, -0.2) is 4.57 Å². The Bertz CT molecular complexity index is 5500. The number of furan rings is 2. The molecular weight excluding hydrogens is 1080 g/mol. The standard InChI is InChI=1S/C86H53NO2/c1-6-21-54(22-7-1)59-39-43-81-75(46-59)77-50-64(56-25-10-3-11-26-56)48-73(85(77)88-81)61-37-41-67-68-42-38-62(74-49-65(57-27-12-4-13-28-57)51-78-76-47-60(55-23-8-2-9-24-55)40-44-82(76)89-86(74)78)53-80(68)87(79(67)52-61)66-32-20-31-63(45-66)84-71-35-18-16-33-69(71)83(58-29-14-5-15-30-58)70-34-17-19-36-72(70)84/h1-53H. The van der Waals surface area contributed by atoms with Crippen molar-refractivity contribution >= 4 is 87.2 Å². The molecular formula is C86H53NO2. The highest BCUT2D eigenvalue weighted by Crippen LogP contribution is 2.48. The molecule has 0 aliphatic carbocycles. The highest BCUT2D eigenvalue weighted by molar-refractivity contribution is 6.22. The van der Waals surface area contributed by atoms with Gasteiger partial charge in [-0.3, -0.25) is 0 Å². The number of fused-ring (bicyclic) bond motifs is 11. The molecule has 0 saturated heterocycles. The van der Waals surface area contributed by atoms with Gasteiger partial charge in [-0.2, -0.15) is 0 Å². The summed E-state index contributed by atoms with van der Waals surface area (Å²) in [7, 11) is 0. The SMILES string of the molecule is c1ccc(-c2ccc3oc4c(-c5ccc6c7ccc(-c8cc(-c9ccccc9)cc9c8oc8ccc(-c%10ccccc%10)cc89)cc7n(-c7cccc(-c8c9ccccc9c(-c9ccccc9)c9ccccc89)c7)c6c5)cc(-c5ccccc5)cc4c3c2)cc1. The van der Waals surface area contributed by atoms with Gasteiger partial charge >= 0.3 is 0 Å². The zero-order valence-electron chi connectivity index (χ0n) is 48.4. The molecule has 3 heterocycles. The summed E-state index contributed by atoms with van der Waals surface area (Å²) < 4.78 is 16.6. The smallest absolute Gasteiger partial charge is 0.143 e. The Balaban J connectivity index is 0.900. The quantitative estimate of drug-likeness (QED) is 0.135. The van der Waals surface area contributed by atoms with E-state index in [9.17, 15) is 0 Å². The van der Waals surface area contributed by atoms with E-state index < -0.39 is 0 Å². The largest absolute Gasteiger partial charge is 0.455 e. The van der Waals surface area contributed by atoms with Crippen molar-refractivity contribution in [2.24, 2.45) is 0 Å². The Hall–Kier alpha value is -11.8. The number of benzene rings is 15. The van der Waals surface area contributed by atoms with Gasteiger partial charge in [0.05, 0.1) is 11.0 Å². The van der Waals surface area contributed by atoms with E-state index in [0.29, 0.717) is 0 Å². The summed E-state index contributed by atoms with van der Waals surface area (Å²) in [5.74, 6) is 0. The van der Waals surface area contributed by atoms with Gasteiger partial charge in [-0.25, -0.2) is 0 Å². The van der Waals surface area contributed by atoms with E-state index in [1.54, 1.807) is 0 Å². The normalized spacial score (nSPS) is 11.8. The van der Waals surface area contributed by atoms with Gasteiger partial charge in [0.1, 0.15) is 22.3 Å². The molecule has 15 aromatic carbocycles. The second-order valence-corrected chi connectivity index (χ2v) is 23.4. The summed E-state index contributed by atoms with van der Waals surface area (Å²) in [6.45, 7) is 0. The third-order valence-electron chi connectivity index (χ3n) is 18.3. The fourth-order valence-electron chi connectivity index (χ4n) is 14.2. The summed E-state index contributed by atoms with van der Waals surface area (Å²) in [5.41, 5.74) is 24.8. The first-order valence-corrected chi connectivity index (χ1v) is 30.5. The van der Waals surface area contributed by atoms with Crippen molar-refractivity contribution in [3.8, 4) is 94.7 Å². The van der Waals surface area contributed by atoms with Crippen molar-refractivity contribution in [3.63, 3.8) is 0 Å². The van der Waals surface area contributed by atoms with Crippen molar-refractivity contribution < 1.29 is 8.83 Å². The van der Waals surface area contributed by atoms with Crippen molar-refractivity contribution in [1.29, 1.82) is 0 Å². The molecule has 414 valence electrons. The van der Waals surface area contributed by atoms with Crippen molar-refractivity contribution in [2.75, 3.05) is 0 Å². The molecule has 0 atom stereocenters. The molecule has 89 heavy (non-hydrogen) atoms. The average molecular weight is 1130 g/mol. The Kier molecular flexibility index (Phi) is 11.6. The minimum atomic E-state index is 0.856. The lowest BCUT2D eigenvalue weighted by Gasteiger charge is -2.18. The minimum Gasteiger partial charge on any atom is -0.455 e. The molecule has 0 aliphatic heterocycles. The summed E-state index contributed by atoms with van der Waals surface area (Å²) in [4.78, 5) is 0. The van der Waals surface area contributed by atoms with E-state index in [1.165, 1.54) is 49.4 Å². The molecule has 0 unspecified atom stereocenters. The fraction of sp³-hybridized carbons (Fsp3) is 0. The first-order valence-electron chi connectivity index (χ1n) is 30.5. The van der Waals surface area contributed by atoms with Gasteiger partial charge in [-0.05, 0) is 172 Å². The van der Waals surface area contributed by atoms with Gasteiger partial charge in [-0.15, -0.1) is 0 Å². The van der Waals surface area contributed by atoms with E-state index >= 15 is 0 Å². The fourth-order valence-corrected chi connectivity index (χ4v) is 14.2. The van der Waals surface area contributed by atoms with Crippen LogP contribution in [0, 0.1) is 0 Å². The Morgan fingerprint density at radius 3 is 0.966 bits per heavy atom. The summed E-state index contributed by atoms with van der Waals surface area (Å²) in [5, 5.41) is 11.5. The highest BCUT2D eigenvalue weighted by atomic mass is 16.3. The van der Waals surface area contributed by atoms with Crippen LogP contribution < -0.4 is 0 Å². The Morgan fingerprint density at radius 1 is 0.191 bits per heavy atom. The minimum absolute atomic E-state index is 0.856. The van der Waals surface area contributed by atoms with Crippen LogP contribution >= 0.6 is 0 Å². The molecule has 3 heteroatoms. The molecule has 0 N–H and O–H groups in total. The van der Waals surface area contributed by atoms with Crippen LogP contribution in [0.15, 0.2) is 330 Å². The molecule has 0 bridgehead atoms. The predicted molar refractivity (Wildman–Crippen MR) is 374 cm³/mol. The molecule has 3 aromatic heterocycles. The molecule has 0 spiro atoms. The zero-order valence-corrected chi connectivity index (χ0v) is 48.4. The van der Waals surface area contributed by atoms with E-state index in [4.69, 9.17) is 8.83 Å². The van der Waals surface area contributed by atoms with Gasteiger partial charge in [0, 0.05) is 49.1 Å². The zero-order chi connectivity index (χ0) is 58.5. The van der Waals surface area contributed by atoms with E-state index in [0.717, 1.165) is 133 Å². The van der Waals surface area contributed by atoms with Crippen LogP contribution in [0.5, 0.6) is 0 Å². The third-order valence-corrected chi connectivity index (χ3v) is 18.3. The molecule has 0 saturated carbocycles. The highest BCUT2D eigenvalue weighted by Gasteiger charge is 2.23. The second-order valence-electron chi connectivity index (χ2n) is 23.4. The van der Waals surface area contributed by atoms with Crippen LogP contribution in [0.2, 0.25) is 0 Å². The Morgan fingerprint density at radius 2 is 0.539 bits per heavy atom. The maximum Gasteiger partial charge on any atom is 0.143 e. The average Bonchev–Trinajstić information content (AvgIpc) is 1.86. The van der Waals surface area contributed by atoms with Gasteiger partial charge in [-0.1, -0.05) is 249 Å². The van der Waals surface area contributed by atoms with E-state index in [2.05, 4.69) is 326 Å². The van der Waals surface area contributed by atoms with Crippen LogP contribution in [0.1, 0.15) is 0 Å². The van der Waals surface area contributed by atoms with Crippen LogP contribution in [0.3, 0.4) is 0 Å². The third kappa shape index (κ3) is 8.35. The van der Waals surface area contributed by atoms with E-state index in [1.807, 2.05) is 0 Å². The van der Waals surface area contributed by atoms with Crippen LogP contribution in [-0.2, 0) is 0 Å². The molecule has 18 aromatic rings. The van der Waals surface area contributed by atoms with Crippen LogP contribution in [0.4, 0.5) is 0 Å². The molecule has 0 fully saturated rings. The maximum absolute atomic E-state index is 7.05. The van der Waals surface area contributed by atoms with Crippen molar-refractivity contribution in [2.45, 2.75) is 0 Å². The monoisotopic (exact) mass is 1130 g/mol. The van der Waals surface area contributed by atoms with Gasteiger partial charge in [0.15, 0.2) is 0 Å². The van der Waals surface area contributed by atoms with Crippen molar-refractivity contribution in [3.05, 3.63) is 322 Å². The number of rotatable bonds is 9. The lowest BCUT2D eigenvalue weighted by Crippen LogP contribution is -1.96. The molecule has 3 nitrogen and oxygen atoms in total. The van der Waals surface area contributed by atoms with Gasteiger partial charge < -0.3 is 13.4 Å². The predicted octanol–water partition coefficient (Wildman–Crippen LogP) is 24.2. The number of hydrogen-bond acceptors (Lipinski definition) is 2. The number of aromatic nitrogens is 1. The Labute approximate surface area is 513 Å². The second kappa shape index (κ2) is 20.4.